The maximum absolute atomic E-state index is 11.8. The van der Waals surface area contributed by atoms with Gasteiger partial charge in [0.15, 0.2) is 0 Å². The number of hydrogen-bond donors (Lipinski definition) is 0. The number of hydrogen-bond acceptors (Lipinski definition) is 2. The molecule has 0 aromatic carbocycles. The average Bonchev–Trinajstić information content (AvgIpc) is 2.22. The van der Waals surface area contributed by atoms with Crippen molar-refractivity contribution >= 4 is 15.5 Å². The molecule has 0 aliphatic heterocycles. The molecule has 16 heavy (non-hydrogen) atoms. The lowest BCUT2D eigenvalue weighted by Crippen LogP contribution is -2.03. The topological polar surface area (TPSA) is 26.3 Å². The number of ether oxygens (including phenoxy) is 1. The van der Waals surface area contributed by atoms with Crippen LogP contribution in [0.3, 0.4) is 0 Å². The van der Waals surface area contributed by atoms with E-state index in [1.807, 2.05) is 0 Å². The van der Waals surface area contributed by atoms with Crippen LogP contribution in [0.4, 0.5) is 8.78 Å². The molecule has 0 fully saturated rings. The third-order valence-corrected chi connectivity index (χ3v) is 3.46. The Morgan fingerprint density at radius 3 is 2.62 bits per heavy atom. The summed E-state index contributed by atoms with van der Waals surface area (Å²) < 4.78 is 28.5. The molecule has 0 spiro atoms. The SMILES string of the molecule is CC=CC(=O)OCCCCCC[SiH2]C(F)F. The van der Waals surface area contributed by atoms with Gasteiger partial charge in [-0.2, -0.15) is 0 Å². The van der Waals surface area contributed by atoms with Crippen LogP contribution in [0.5, 0.6) is 0 Å². The van der Waals surface area contributed by atoms with E-state index in [0.717, 1.165) is 31.7 Å². The van der Waals surface area contributed by atoms with Gasteiger partial charge in [0.1, 0.15) is 9.52 Å². The van der Waals surface area contributed by atoms with Gasteiger partial charge in [-0.05, 0) is 13.3 Å². The Labute approximate surface area is 97.9 Å². The Kier molecular flexibility index (Phi) is 10.3. The number of carbonyl (C=O) groups is 1. The van der Waals surface area contributed by atoms with Gasteiger partial charge in [-0.1, -0.05) is 31.4 Å². The minimum atomic E-state index is -2.04. The molecule has 0 saturated carbocycles. The van der Waals surface area contributed by atoms with Crippen LogP contribution in [0.1, 0.15) is 32.6 Å². The molecule has 0 aliphatic carbocycles. The molecular formula is C11H20F2O2Si. The van der Waals surface area contributed by atoms with E-state index in [1.165, 1.54) is 6.08 Å². The van der Waals surface area contributed by atoms with E-state index in [0.29, 0.717) is 6.61 Å². The summed E-state index contributed by atoms with van der Waals surface area (Å²) in [5.74, 6) is -0.312. The molecule has 2 nitrogen and oxygen atoms in total. The maximum Gasteiger partial charge on any atom is 0.330 e. The van der Waals surface area contributed by atoms with E-state index < -0.39 is 15.6 Å². The zero-order valence-corrected chi connectivity index (χ0v) is 11.2. The van der Waals surface area contributed by atoms with Crippen LogP contribution < -0.4 is 0 Å². The Bertz CT molecular complexity index is 208. The summed E-state index contributed by atoms with van der Waals surface area (Å²) in [4.78, 5) is 10.9. The van der Waals surface area contributed by atoms with Crippen molar-refractivity contribution in [2.75, 3.05) is 6.61 Å². The number of rotatable bonds is 9. The fourth-order valence-corrected chi connectivity index (χ4v) is 2.24. The largest absolute Gasteiger partial charge is 0.463 e. The molecule has 0 heterocycles. The first-order chi connectivity index (χ1) is 7.66. The first-order valence-corrected chi connectivity index (χ1v) is 7.56. The van der Waals surface area contributed by atoms with Crippen molar-refractivity contribution in [2.45, 2.75) is 44.7 Å². The van der Waals surface area contributed by atoms with Crippen molar-refractivity contribution in [1.82, 2.24) is 0 Å². The Morgan fingerprint density at radius 2 is 2.00 bits per heavy atom. The highest BCUT2D eigenvalue weighted by Gasteiger charge is 2.02. The fourth-order valence-electron chi connectivity index (χ4n) is 1.29. The normalized spacial score (nSPS) is 12.0. The second kappa shape index (κ2) is 10.8. The van der Waals surface area contributed by atoms with Crippen molar-refractivity contribution < 1.29 is 18.3 Å². The molecule has 5 heteroatoms. The van der Waals surface area contributed by atoms with Crippen LogP contribution in [0.2, 0.25) is 6.04 Å². The molecule has 94 valence electrons. The van der Waals surface area contributed by atoms with Crippen LogP contribution in [0.15, 0.2) is 12.2 Å². The van der Waals surface area contributed by atoms with E-state index in [2.05, 4.69) is 0 Å². The van der Waals surface area contributed by atoms with Crippen molar-refractivity contribution in [3.05, 3.63) is 12.2 Å². The van der Waals surface area contributed by atoms with Crippen LogP contribution in [-0.4, -0.2) is 28.1 Å². The quantitative estimate of drug-likeness (QED) is 0.272. The third kappa shape index (κ3) is 11.4. The highest BCUT2D eigenvalue weighted by molar-refractivity contribution is 6.36. The van der Waals surface area contributed by atoms with Crippen LogP contribution in [-0.2, 0) is 9.53 Å². The van der Waals surface area contributed by atoms with Gasteiger partial charge < -0.3 is 4.74 Å². The minimum Gasteiger partial charge on any atom is -0.463 e. The van der Waals surface area contributed by atoms with Gasteiger partial charge in [-0.3, -0.25) is 0 Å². The summed E-state index contributed by atoms with van der Waals surface area (Å²) >= 11 is 0. The molecule has 0 bridgehead atoms. The van der Waals surface area contributed by atoms with Crippen LogP contribution in [0.25, 0.3) is 0 Å². The van der Waals surface area contributed by atoms with E-state index in [9.17, 15) is 13.6 Å². The van der Waals surface area contributed by atoms with Crippen molar-refractivity contribution in [2.24, 2.45) is 0 Å². The smallest absolute Gasteiger partial charge is 0.330 e. The van der Waals surface area contributed by atoms with E-state index in [-0.39, 0.29) is 5.97 Å². The number of allylic oxidation sites excluding steroid dienone is 1. The summed E-state index contributed by atoms with van der Waals surface area (Å²) in [6.07, 6.45) is 6.63. The van der Waals surface area contributed by atoms with Gasteiger partial charge in [-0.15, -0.1) is 0 Å². The molecule has 0 rings (SSSR count). The second-order valence-corrected chi connectivity index (χ2v) is 5.52. The minimum absolute atomic E-state index is 0.312. The van der Waals surface area contributed by atoms with Crippen LogP contribution in [0, 0.1) is 0 Å². The highest BCUT2D eigenvalue weighted by Crippen LogP contribution is 2.05. The molecular weight excluding hydrogens is 230 g/mol. The van der Waals surface area contributed by atoms with Gasteiger partial charge in [0.25, 0.3) is 0 Å². The third-order valence-electron chi connectivity index (χ3n) is 2.11. The highest BCUT2D eigenvalue weighted by atomic mass is 28.2. The molecule has 0 unspecified atom stereocenters. The number of unbranched alkanes of at least 4 members (excludes halogenated alkanes) is 3. The summed E-state index contributed by atoms with van der Waals surface area (Å²) in [5, 5.41) is 0. The number of carbonyl (C=O) groups excluding carboxylic acids is 1. The first-order valence-electron chi connectivity index (χ1n) is 5.74. The van der Waals surface area contributed by atoms with Gasteiger partial charge in [0.2, 0.25) is 6.05 Å². The van der Waals surface area contributed by atoms with Crippen molar-refractivity contribution in [3.8, 4) is 0 Å². The lowest BCUT2D eigenvalue weighted by atomic mass is 10.2. The monoisotopic (exact) mass is 250 g/mol. The van der Waals surface area contributed by atoms with Gasteiger partial charge in [-0.25, -0.2) is 13.6 Å². The standard InChI is InChI=1S/C11H20F2O2Si/c1-2-7-10(14)15-8-5-3-4-6-9-16-11(12)13/h2,7,11H,3-6,8-9,16H2,1H3. The first kappa shape index (κ1) is 15.3. The van der Waals surface area contributed by atoms with E-state index >= 15 is 0 Å². The zero-order chi connectivity index (χ0) is 12.2. The van der Waals surface area contributed by atoms with Gasteiger partial charge in [0, 0.05) is 6.08 Å². The summed E-state index contributed by atoms with van der Waals surface area (Å²) in [6, 6.07) is -1.32. The molecule has 0 aliphatic rings. The zero-order valence-electron chi connectivity index (χ0n) is 9.75. The molecule has 0 atom stereocenters. The van der Waals surface area contributed by atoms with E-state index in [1.54, 1.807) is 13.0 Å². The summed E-state index contributed by atoms with van der Waals surface area (Å²) in [7, 11) is -1.14. The summed E-state index contributed by atoms with van der Waals surface area (Å²) in [6.45, 7) is 2.18. The lowest BCUT2D eigenvalue weighted by molar-refractivity contribution is -0.137. The number of halogens is 2. The van der Waals surface area contributed by atoms with E-state index in [4.69, 9.17) is 4.74 Å². The number of alkyl halides is 2. The Hall–Kier alpha value is -0.713. The Morgan fingerprint density at radius 1 is 1.31 bits per heavy atom. The molecule has 0 aromatic rings. The predicted molar refractivity (Wildman–Crippen MR) is 63.6 cm³/mol. The second-order valence-electron chi connectivity index (χ2n) is 3.62. The lowest BCUT2D eigenvalue weighted by Gasteiger charge is -2.02. The molecule has 0 amide bonds. The molecule has 0 saturated heterocycles. The average molecular weight is 250 g/mol. The fraction of sp³-hybridized carbons (Fsp3) is 0.727. The maximum atomic E-state index is 11.8. The summed E-state index contributed by atoms with van der Waals surface area (Å²) in [5.41, 5.74) is 0. The van der Waals surface area contributed by atoms with Crippen molar-refractivity contribution in [1.29, 1.82) is 0 Å². The van der Waals surface area contributed by atoms with Gasteiger partial charge in [0.05, 0.1) is 6.61 Å². The molecule has 0 radical (unpaired) electrons. The van der Waals surface area contributed by atoms with Crippen LogP contribution >= 0.6 is 0 Å². The molecule has 0 aromatic heterocycles. The predicted octanol–water partition coefficient (Wildman–Crippen LogP) is 2.48. The van der Waals surface area contributed by atoms with Gasteiger partial charge >= 0.3 is 5.97 Å². The van der Waals surface area contributed by atoms with Crippen molar-refractivity contribution in [3.63, 3.8) is 0 Å². The number of esters is 1. The molecule has 0 N–H and O–H groups in total. The Balaban J connectivity index is 3.13.